The van der Waals surface area contributed by atoms with Gasteiger partial charge in [-0.05, 0) is 88.9 Å². The Morgan fingerprint density at radius 2 is 1.67 bits per heavy atom. The molecule has 0 radical (unpaired) electrons. The van der Waals surface area contributed by atoms with Gasteiger partial charge in [0.2, 0.25) is 14.3 Å². The summed E-state index contributed by atoms with van der Waals surface area (Å²) in [6.07, 6.45) is -9.19. The number of alkyl halides is 6. The average molecular weight is 734 g/mol. The number of hydrogen-bond donors (Lipinski definition) is 2. The second-order valence-corrected chi connectivity index (χ2v) is 18.4. The molecule has 1 aliphatic heterocycles. The number of benzene rings is 2. The molecule has 46 heavy (non-hydrogen) atoms. The molecule has 0 saturated carbocycles. The number of hydrogen-bond acceptors (Lipinski definition) is 5. The highest BCUT2D eigenvalue weighted by Crippen LogP contribution is 2.44. The molecule has 2 heterocycles. The van der Waals surface area contributed by atoms with Crippen molar-refractivity contribution in [3.63, 3.8) is 0 Å². The smallest absolute Gasteiger partial charge is 0.416 e. The van der Waals surface area contributed by atoms with Crippen LogP contribution < -0.4 is 14.6 Å². The first-order chi connectivity index (χ1) is 21.1. The van der Waals surface area contributed by atoms with Gasteiger partial charge in [0.1, 0.15) is 5.75 Å². The number of amides is 1. The summed E-state index contributed by atoms with van der Waals surface area (Å²) >= 11 is 3.27. The van der Waals surface area contributed by atoms with Crippen molar-refractivity contribution >= 4 is 42.0 Å². The summed E-state index contributed by atoms with van der Waals surface area (Å²) < 4.78 is 87.5. The van der Waals surface area contributed by atoms with Crippen LogP contribution >= 0.6 is 15.9 Å². The lowest BCUT2D eigenvalue weighted by Gasteiger charge is -2.40. The highest BCUT2D eigenvalue weighted by molar-refractivity contribution is 9.10. The molecular formula is C31H35BrF6N4O3Si. The SMILES string of the molecule is CC[C@@H]1C[C@H](Nc2ncc(Br)c(Cc3cc(C(F)(F)F)cc(C(F)(F)F)c3)n2)c2cc(O[Si](C)(C)C(C)(C)C)ccc2N1C(=O)O. The predicted molar refractivity (Wildman–Crippen MR) is 169 cm³/mol. The van der Waals surface area contributed by atoms with E-state index in [1.807, 2.05) is 6.92 Å². The molecule has 1 aliphatic rings. The highest BCUT2D eigenvalue weighted by atomic mass is 79.9. The minimum absolute atomic E-state index is 0.0755. The van der Waals surface area contributed by atoms with Gasteiger partial charge >= 0.3 is 18.4 Å². The van der Waals surface area contributed by atoms with E-state index in [2.05, 4.69) is 65.1 Å². The first-order valence-electron chi connectivity index (χ1n) is 14.5. The molecule has 0 bridgehead atoms. The number of carbonyl (C=O) groups is 1. The van der Waals surface area contributed by atoms with Gasteiger partial charge in [0, 0.05) is 24.2 Å². The Bertz CT molecular complexity index is 1580. The fourth-order valence-corrected chi connectivity index (χ4v) is 6.41. The summed E-state index contributed by atoms with van der Waals surface area (Å²) in [5, 5.41) is 13.2. The van der Waals surface area contributed by atoms with Crippen molar-refractivity contribution in [3.8, 4) is 5.75 Å². The Morgan fingerprint density at radius 1 is 1.07 bits per heavy atom. The summed E-state index contributed by atoms with van der Waals surface area (Å²) in [6.45, 7) is 12.4. The van der Waals surface area contributed by atoms with E-state index >= 15 is 0 Å². The molecule has 1 amide bonds. The largest absolute Gasteiger partial charge is 0.543 e. The molecule has 7 nitrogen and oxygen atoms in total. The van der Waals surface area contributed by atoms with Crippen LogP contribution in [-0.4, -0.2) is 35.5 Å². The topological polar surface area (TPSA) is 87.6 Å². The second-order valence-electron chi connectivity index (χ2n) is 12.8. The number of anilines is 2. The Hall–Kier alpha value is -3.33. The van der Waals surface area contributed by atoms with Crippen LogP contribution in [0.3, 0.4) is 0 Å². The number of halogens is 7. The maximum absolute atomic E-state index is 13.5. The number of rotatable bonds is 7. The van der Waals surface area contributed by atoms with Crippen LogP contribution in [0.15, 0.2) is 47.1 Å². The zero-order valence-electron chi connectivity index (χ0n) is 26.1. The minimum atomic E-state index is -4.98. The molecule has 4 rings (SSSR count). The zero-order chi connectivity index (χ0) is 34.4. The maximum Gasteiger partial charge on any atom is 0.416 e. The molecule has 0 fully saturated rings. The molecular weight excluding hydrogens is 698 g/mol. The van der Waals surface area contributed by atoms with Gasteiger partial charge in [0.25, 0.3) is 0 Å². The van der Waals surface area contributed by atoms with Crippen LogP contribution in [0.4, 0.5) is 42.8 Å². The van der Waals surface area contributed by atoms with E-state index in [1.165, 1.54) is 11.1 Å². The van der Waals surface area contributed by atoms with Crippen LogP contribution in [0, 0.1) is 0 Å². The Morgan fingerprint density at radius 3 is 2.20 bits per heavy atom. The zero-order valence-corrected chi connectivity index (χ0v) is 28.7. The van der Waals surface area contributed by atoms with Crippen molar-refractivity contribution in [1.82, 2.24) is 9.97 Å². The van der Waals surface area contributed by atoms with Crippen molar-refractivity contribution in [3.05, 3.63) is 75.0 Å². The van der Waals surface area contributed by atoms with Crippen molar-refractivity contribution < 1.29 is 40.7 Å². The van der Waals surface area contributed by atoms with Crippen molar-refractivity contribution in [1.29, 1.82) is 0 Å². The molecule has 2 N–H and O–H groups in total. The monoisotopic (exact) mass is 732 g/mol. The molecule has 250 valence electrons. The highest BCUT2D eigenvalue weighted by Gasteiger charge is 2.41. The average Bonchev–Trinajstić information content (AvgIpc) is 2.92. The lowest BCUT2D eigenvalue weighted by molar-refractivity contribution is -0.143. The van der Waals surface area contributed by atoms with Crippen molar-refractivity contribution in [2.24, 2.45) is 0 Å². The molecule has 0 spiro atoms. The van der Waals surface area contributed by atoms with E-state index in [1.54, 1.807) is 18.2 Å². The first-order valence-corrected chi connectivity index (χ1v) is 18.2. The molecule has 2 aromatic carbocycles. The Kier molecular flexibility index (Phi) is 9.80. The van der Waals surface area contributed by atoms with E-state index in [4.69, 9.17) is 4.43 Å². The quantitative estimate of drug-likeness (QED) is 0.186. The standard InChI is InChI=1S/C31H35BrF6N4O3Si/c1-7-20-14-24(22-15-21(45-46(5,6)29(2,3)4)8-9-26(22)42(20)28(43)44)40-27-39-16-23(32)25(41-27)12-17-10-18(30(33,34)35)13-19(11-17)31(36,37)38/h8-11,13,15-16,20,24H,7,12,14H2,1-6H3,(H,43,44)(H,39,40,41)/t20-,24+/m1/s1. The van der Waals surface area contributed by atoms with Crippen LogP contribution in [0.1, 0.15) is 74.5 Å². The normalized spacial score (nSPS) is 17.5. The maximum atomic E-state index is 13.5. The van der Waals surface area contributed by atoms with E-state index in [0.29, 0.717) is 46.4 Å². The van der Waals surface area contributed by atoms with Crippen LogP contribution in [0.5, 0.6) is 5.75 Å². The van der Waals surface area contributed by atoms with Gasteiger partial charge in [-0.25, -0.2) is 14.8 Å². The minimum Gasteiger partial charge on any atom is -0.543 e. The number of aromatic nitrogens is 2. The molecule has 0 unspecified atom stereocenters. The third kappa shape index (κ3) is 7.78. The lowest BCUT2D eigenvalue weighted by atomic mass is 9.90. The fraction of sp³-hybridized carbons (Fsp3) is 0.452. The van der Waals surface area contributed by atoms with Gasteiger partial charge in [0.15, 0.2) is 0 Å². The number of nitrogens with one attached hydrogen (secondary N) is 1. The summed E-state index contributed by atoms with van der Waals surface area (Å²) in [7, 11) is -2.25. The van der Waals surface area contributed by atoms with E-state index in [0.717, 1.165) is 0 Å². The van der Waals surface area contributed by atoms with Crippen molar-refractivity contribution in [2.75, 3.05) is 10.2 Å². The number of nitrogens with zero attached hydrogens (tertiary/aromatic N) is 3. The fourth-order valence-electron chi connectivity index (χ4n) is 5.06. The molecule has 0 saturated heterocycles. The lowest BCUT2D eigenvalue weighted by Crippen LogP contribution is -2.45. The Balaban J connectivity index is 1.72. The Labute approximate surface area is 272 Å². The molecule has 0 aliphatic carbocycles. The van der Waals surface area contributed by atoms with Gasteiger partial charge in [-0.2, -0.15) is 26.3 Å². The van der Waals surface area contributed by atoms with E-state index in [9.17, 15) is 36.2 Å². The van der Waals surface area contributed by atoms with Crippen LogP contribution in [-0.2, 0) is 18.8 Å². The van der Waals surface area contributed by atoms with Crippen LogP contribution in [0.25, 0.3) is 0 Å². The predicted octanol–water partition coefficient (Wildman–Crippen LogP) is 10.1. The molecule has 3 aromatic rings. The third-order valence-electron chi connectivity index (χ3n) is 8.50. The molecule has 15 heteroatoms. The third-order valence-corrected chi connectivity index (χ3v) is 13.5. The van der Waals surface area contributed by atoms with Gasteiger partial charge in [-0.1, -0.05) is 27.7 Å². The summed E-state index contributed by atoms with van der Waals surface area (Å²) in [5.74, 6) is 0.659. The van der Waals surface area contributed by atoms with E-state index in [-0.39, 0.29) is 34.7 Å². The van der Waals surface area contributed by atoms with Crippen LogP contribution in [0.2, 0.25) is 18.1 Å². The number of carboxylic acid groups (broad SMARTS) is 1. The molecule has 2 atom stereocenters. The van der Waals surface area contributed by atoms with Gasteiger partial charge in [-0.3, -0.25) is 4.90 Å². The second kappa shape index (κ2) is 12.7. The summed E-state index contributed by atoms with van der Waals surface area (Å²) in [5.41, 5.74) is -1.80. The van der Waals surface area contributed by atoms with Gasteiger partial charge in [-0.15, -0.1) is 0 Å². The number of fused-ring (bicyclic) bond motifs is 1. The summed E-state index contributed by atoms with van der Waals surface area (Å²) in [6, 6.07) is 5.81. The van der Waals surface area contributed by atoms with Gasteiger partial charge < -0.3 is 14.8 Å². The van der Waals surface area contributed by atoms with Crippen molar-refractivity contribution in [2.45, 2.75) is 89.5 Å². The summed E-state index contributed by atoms with van der Waals surface area (Å²) in [4.78, 5) is 22.4. The molecule has 1 aromatic heterocycles. The van der Waals surface area contributed by atoms with E-state index < -0.39 is 50.0 Å². The van der Waals surface area contributed by atoms with Gasteiger partial charge in [0.05, 0.1) is 33.0 Å². The first kappa shape index (κ1) is 35.5.